The highest BCUT2D eigenvalue weighted by Gasteiger charge is 2.29. The van der Waals surface area contributed by atoms with Gasteiger partial charge in [-0.1, -0.05) is 49.4 Å². The number of amides is 1. The molecule has 2 aromatic rings. The first-order valence-electron chi connectivity index (χ1n) is 11.2. The lowest BCUT2D eigenvalue weighted by Gasteiger charge is -2.31. The number of carbonyl (C=O) groups is 1. The van der Waals surface area contributed by atoms with Crippen LogP contribution in [0.15, 0.2) is 48.5 Å². The fraction of sp³-hybridized carbons (Fsp3) is 0.480. The molecule has 4 rings (SSSR count). The van der Waals surface area contributed by atoms with E-state index >= 15 is 0 Å². The van der Waals surface area contributed by atoms with Gasteiger partial charge in [-0.15, -0.1) is 0 Å². The Bertz CT molecular complexity index is 853. The number of hydrogen-bond acceptors (Lipinski definition) is 4. The molecule has 2 aliphatic rings. The van der Waals surface area contributed by atoms with E-state index in [9.17, 15) is 4.79 Å². The minimum absolute atomic E-state index is 0.180. The van der Waals surface area contributed by atoms with E-state index in [0.717, 1.165) is 51.3 Å². The highest BCUT2D eigenvalue weighted by molar-refractivity contribution is 5.81. The molecule has 0 aliphatic carbocycles. The first-order chi connectivity index (χ1) is 14.6. The maximum atomic E-state index is 13.3. The van der Waals surface area contributed by atoms with Gasteiger partial charge < -0.3 is 15.1 Å². The summed E-state index contributed by atoms with van der Waals surface area (Å²) >= 11 is 0. The Hall–Kier alpha value is -2.37. The molecule has 30 heavy (non-hydrogen) atoms. The van der Waals surface area contributed by atoms with Gasteiger partial charge >= 0.3 is 0 Å². The minimum atomic E-state index is 0.180. The van der Waals surface area contributed by atoms with E-state index < -0.39 is 0 Å². The van der Waals surface area contributed by atoms with E-state index in [-0.39, 0.29) is 11.9 Å². The van der Waals surface area contributed by atoms with E-state index in [1.54, 1.807) is 0 Å². The highest BCUT2D eigenvalue weighted by atomic mass is 16.2. The van der Waals surface area contributed by atoms with Gasteiger partial charge in [0.15, 0.2) is 0 Å². The van der Waals surface area contributed by atoms with Gasteiger partial charge in [0.1, 0.15) is 0 Å². The lowest BCUT2D eigenvalue weighted by atomic mass is 9.98. The number of nitrogens with zero attached hydrogens (tertiary/aromatic N) is 3. The molecule has 0 bridgehead atoms. The molecule has 0 spiro atoms. The van der Waals surface area contributed by atoms with Crippen LogP contribution in [0.5, 0.6) is 0 Å². The molecular formula is C25H34N4O. The zero-order valence-corrected chi connectivity index (χ0v) is 18.3. The lowest BCUT2D eigenvalue weighted by Crippen LogP contribution is -2.44. The topological polar surface area (TPSA) is 38.8 Å². The lowest BCUT2D eigenvalue weighted by molar-refractivity contribution is -0.132. The number of hydrogen-bond donors (Lipinski definition) is 1. The standard InChI is InChI=1S/C25H34N4O/c1-3-28-15-12-21-10-7-11-24(23(21)19-28)26-16-25(30)29(22-13-14-27(2)18-22)17-20-8-5-4-6-9-20/h4-11,22,26H,3,12-19H2,1-2H3. The number of likely N-dealkylation sites (tertiary alicyclic amines) is 1. The third-order valence-corrected chi connectivity index (χ3v) is 6.55. The second-order valence-electron chi connectivity index (χ2n) is 8.63. The number of anilines is 1. The fourth-order valence-electron chi connectivity index (χ4n) is 4.71. The number of rotatable bonds is 7. The molecule has 1 fully saturated rings. The molecule has 2 aromatic carbocycles. The largest absolute Gasteiger partial charge is 0.376 e. The molecule has 0 saturated carbocycles. The van der Waals surface area contributed by atoms with Crippen LogP contribution in [-0.4, -0.2) is 66.4 Å². The summed E-state index contributed by atoms with van der Waals surface area (Å²) in [5.74, 6) is 0.180. The summed E-state index contributed by atoms with van der Waals surface area (Å²) in [4.78, 5) is 20.2. The van der Waals surface area contributed by atoms with Gasteiger partial charge in [-0.05, 0) is 55.7 Å². The normalized spacial score (nSPS) is 19.5. The second-order valence-corrected chi connectivity index (χ2v) is 8.63. The SMILES string of the molecule is CCN1CCc2cccc(NCC(=O)N(Cc3ccccc3)C3CCN(C)C3)c2C1. The Morgan fingerprint density at radius 2 is 1.97 bits per heavy atom. The van der Waals surface area contributed by atoms with Crippen LogP contribution in [0.25, 0.3) is 0 Å². The first-order valence-corrected chi connectivity index (χ1v) is 11.2. The summed E-state index contributed by atoms with van der Waals surface area (Å²) in [5, 5.41) is 3.49. The van der Waals surface area contributed by atoms with Crippen molar-refractivity contribution in [1.29, 1.82) is 0 Å². The molecule has 5 heteroatoms. The average Bonchev–Trinajstić information content (AvgIpc) is 3.22. The van der Waals surface area contributed by atoms with Crippen molar-refractivity contribution in [3.05, 3.63) is 65.2 Å². The van der Waals surface area contributed by atoms with E-state index in [2.05, 4.69) is 64.3 Å². The van der Waals surface area contributed by atoms with Gasteiger partial charge in [0.05, 0.1) is 6.54 Å². The number of fused-ring (bicyclic) bond motifs is 1. The average molecular weight is 407 g/mol. The summed E-state index contributed by atoms with van der Waals surface area (Å²) in [6.07, 6.45) is 2.13. The summed E-state index contributed by atoms with van der Waals surface area (Å²) in [6.45, 7) is 8.38. The number of likely N-dealkylation sites (N-methyl/N-ethyl adjacent to an activating group) is 2. The van der Waals surface area contributed by atoms with E-state index in [1.807, 2.05) is 18.2 Å². The molecule has 1 unspecified atom stereocenters. The molecule has 1 amide bonds. The molecule has 1 atom stereocenters. The van der Waals surface area contributed by atoms with Crippen molar-refractivity contribution in [2.75, 3.05) is 45.1 Å². The van der Waals surface area contributed by atoms with Crippen molar-refractivity contribution in [3.63, 3.8) is 0 Å². The van der Waals surface area contributed by atoms with Crippen LogP contribution in [-0.2, 0) is 24.3 Å². The van der Waals surface area contributed by atoms with Crippen molar-refractivity contribution in [1.82, 2.24) is 14.7 Å². The smallest absolute Gasteiger partial charge is 0.242 e. The molecule has 5 nitrogen and oxygen atoms in total. The third-order valence-electron chi connectivity index (χ3n) is 6.55. The zero-order chi connectivity index (χ0) is 20.9. The van der Waals surface area contributed by atoms with Crippen LogP contribution in [0.3, 0.4) is 0 Å². The number of nitrogens with one attached hydrogen (secondary N) is 1. The van der Waals surface area contributed by atoms with Crippen molar-refractivity contribution >= 4 is 11.6 Å². The molecule has 0 aromatic heterocycles. The minimum Gasteiger partial charge on any atom is -0.376 e. The molecular weight excluding hydrogens is 372 g/mol. The van der Waals surface area contributed by atoms with Crippen LogP contribution < -0.4 is 5.32 Å². The van der Waals surface area contributed by atoms with Gasteiger partial charge in [-0.3, -0.25) is 9.69 Å². The summed E-state index contributed by atoms with van der Waals surface area (Å²) in [7, 11) is 2.14. The van der Waals surface area contributed by atoms with E-state index in [4.69, 9.17) is 0 Å². The van der Waals surface area contributed by atoms with E-state index in [0.29, 0.717) is 13.1 Å². The number of benzene rings is 2. The molecule has 1 saturated heterocycles. The second kappa shape index (κ2) is 9.63. The third kappa shape index (κ3) is 4.85. The van der Waals surface area contributed by atoms with Gasteiger partial charge in [-0.25, -0.2) is 0 Å². The summed E-state index contributed by atoms with van der Waals surface area (Å²) in [6, 6.07) is 17.1. The van der Waals surface area contributed by atoms with Crippen molar-refractivity contribution in [2.45, 2.75) is 38.9 Å². The quantitative estimate of drug-likeness (QED) is 0.766. The van der Waals surface area contributed by atoms with Crippen molar-refractivity contribution in [2.24, 2.45) is 0 Å². The Morgan fingerprint density at radius 1 is 1.13 bits per heavy atom. The predicted molar refractivity (Wildman–Crippen MR) is 122 cm³/mol. The molecule has 1 N–H and O–H groups in total. The fourth-order valence-corrected chi connectivity index (χ4v) is 4.71. The monoisotopic (exact) mass is 406 g/mol. The van der Waals surface area contributed by atoms with Gasteiger partial charge in [0.2, 0.25) is 5.91 Å². The summed E-state index contributed by atoms with van der Waals surface area (Å²) in [5.41, 5.74) is 5.07. The Kier molecular flexibility index (Phi) is 6.70. The first kappa shape index (κ1) is 20.9. The Balaban J connectivity index is 1.47. The van der Waals surface area contributed by atoms with Gasteiger partial charge in [0.25, 0.3) is 0 Å². The molecule has 0 radical (unpaired) electrons. The maximum absolute atomic E-state index is 13.3. The zero-order valence-electron chi connectivity index (χ0n) is 18.3. The summed E-state index contributed by atoms with van der Waals surface area (Å²) < 4.78 is 0. The van der Waals surface area contributed by atoms with Crippen molar-refractivity contribution < 1.29 is 4.79 Å². The molecule has 2 heterocycles. The Labute approximate surface area is 180 Å². The number of carbonyl (C=O) groups excluding carboxylic acids is 1. The van der Waals surface area contributed by atoms with Crippen LogP contribution in [0, 0.1) is 0 Å². The molecule has 160 valence electrons. The van der Waals surface area contributed by atoms with Crippen LogP contribution >= 0.6 is 0 Å². The molecule has 2 aliphatic heterocycles. The van der Waals surface area contributed by atoms with Crippen LogP contribution in [0.1, 0.15) is 30.0 Å². The van der Waals surface area contributed by atoms with Crippen molar-refractivity contribution in [3.8, 4) is 0 Å². The van der Waals surface area contributed by atoms with Crippen LogP contribution in [0.2, 0.25) is 0 Å². The van der Waals surface area contributed by atoms with Crippen LogP contribution in [0.4, 0.5) is 5.69 Å². The van der Waals surface area contributed by atoms with Gasteiger partial charge in [0, 0.05) is 37.9 Å². The predicted octanol–water partition coefficient (Wildman–Crippen LogP) is 3.21. The van der Waals surface area contributed by atoms with Gasteiger partial charge in [-0.2, -0.15) is 0 Å². The highest BCUT2D eigenvalue weighted by Crippen LogP contribution is 2.26. The Morgan fingerprint density at radius 3 is 2.70 bits per heavy atom. The van der Waals surface area contributed by atoms with E-state index in [1.165, 1.54) is 16.7 Å². The maximum Gasteiger partial charge on any atom is 0.242 e.